The van der Waals surface area contributed by atoms with Gasteiger partial charge < -0.3 is 4.90 Å². The van der Waals surface area contributed by atoms with Gasteiger partial charge in [-0.2, -0.15) is 5.10 Å². The number of hydrogen-bond acceptors (Lipinski definition) is 5. The van der Waals surface area contributed by atoms with E-state index >= 15 is 0 Å². The lowest BCUT2D eigenvalue weighted by Gasteiger charge is -2.21. The summed E-state index contributed by atoms with van der Waals surface area (Å²) in [5.41, 5.74) is 0.653. The summed E-state index contributed by atoms with van der Waals surface area (Å²) in [5.74, 6) is -0.611. The van der Waals surface area contributed by atoms with Crippen LogP contribution < -0.4 is 4.90 Å². The monoisotopic (exact) mass is 411 g/mol. The van der Waals surface area contributed by atoms with Crippen LogP contribution in [0, 0.1) is 5.82 Å². The molecule has 0 aliphatic carbocycles. The predicted octanol–water partition coefficient (Wildman–Crippen LogP) is 3.84. The molecule has 3 rings (SSSR count). The highest BCUT2D eigenvalue weighted by atomic mass is 35.5. The highest BCUT2D eigenvalue weighted by molar-refractivity contribution is 7.22. The highest BCUT2D eigenvalue weighted by Crippen LogP contribution is 2.31. The number of amides is 1. The molecule has 0 fully saturated rings. The topological polar surface area (TPSA) is 54.3 Å². The summed E-state index contributed by atoms with van der Waals surface area (Å²) in [7, 11) is 3.88. The molecule has 27 heavy (non-hydrogen) atoms. The Kier molecular flexibility index (Phi) is 6.91. The van der Waals surface area contributed by atoms with E-state index in [1.807, 2.05) is 38.9 Å². The van der Waals surface area contributed by atoms with Crippen LogP contribution in [0.1, 0.15) is 30.4 Å². The van der Waals surface area contributed by atoms with E-state index in [-0.39, 0.29) is 30.2 Å². The number of thiazole rings is 1. The number of carbonyl (C=O) groups is 1. The Balaban J connectivity index is 0.00000261. The Morgan fingerprint density at radius 3 is 2.59 bits per heavy atom. The first-order valence-electron chi connectivity index (χ1n) is 8.43. The van der Waals surface area contributed by atoms with Crippen molar-refractivity contribution in [2.45, 2.75) is 19.9 Å². The van der Waals surface area contributed by atoms with Gasteiger partial charge in [-0.05, 0) is 46.1 Å². The SMILES string of the molecule is CC(C)n1ccc(C(=O)N(CCN(C)C)c2nc3c(F)cccc3s2)n1.Cl. The van der Waals surface area contributed by atoms with E-state index in [0.29, 0.717) is 29.4 Å². The second-order valence-corrected chi connectivity index (χ2v) is 7.63. The van der Waals surface area contributed by atoms with Gasteiger partial charge in [0.25, 0.3) is 5.91 Å². The number of fused-ring (bicyclic) bond motifs is 1. The maximum Gasteiger partial charge on any atom is 0.280 e. The molecular weight excluding hydrogens is 389 g/mol. The lowest BCUT2D eigenvalue weighted by Crippen LogP contribution is -2.37. The van der Waals surface area contributed by atoms with E-state index in [2.05, 4.69) is 10.1 Å². The second-order valence-electron chi connectivity index (χ2n) is 6.62. The number of rotatable bonds is 6. The number of carbonyl (C=O) groups excluding carboxylic acids is 1. The average Bonchev–Trinajstić information content (AvgIpc) is 3.22. The van der Waals surface area contributed by atoms with Gasteiger partial charge in [-0.1, -0.05) is 17.4 Å². The molecule has 2 heterocycles. The predicted molar refractivity (Wildman–Crippen MR) is 110 cm³/mol. The quantitative estimate of drug-likeness (QED) is 0.618. The van der Waals surface area contributed by atoms with Gasteiger partial charge in [-0.3, -0.25) is 14.4 Å². The first kappa shape index (κ1) is 21.3. The Morgan fingerprint density at radius 1 is 1.26 bits per heavy atom. The summed E-state index contributed by atoms with van der Waals surface area (Å²) >= 11 is 1.31. The van der Waals surface area contributed by atoms with E-state index in [0.717, 1.165) is 4.70 Å². The number of nitrogens with zero attached hydrogens (tertiary/aromatic N) is 5. The van der Waals surface area contributed by atoms with Gasteiger partial charge >= 0.3 is 0 Å². The van der Waals surface area contributed by atoms with Gasteiger partial charge in [-0.25, -0.2) is 9.37 Å². The van der Waals surface area contributed by atoms with Crippen molar-refractivity contribution in [2.24, 2.45) is 0 Å². The van der Waals surface area contributed by atoms with Crippen LogP contribution in [-0.4, -0.2) is 52.8 Å². The smallest absolute Gasteiger partial charge is 0.280 e. The molecule has 6 nitrogen and oxygen atoms in total. The molecule has 0 N–H and O–H groups in total. The van der Waals surface area contributed by atoms with E-state index in [1.54, 1.807) is 27.9 Å². The molecule has 0 saturated carbocycles. The first-order valence-corrected chi connectivity index (χ1v) is 9.25. The minimum absolute atomic E-state index is 0. The van der Waals surface area contributed by atoms with Gasteiger partial charge in [-0.15, -0.1) is 12.4 Å². The number of anilines is 1. The molecule has 2 aromatic heterocycles. The minimum atomic E-state index is -0.380. The van der Waals surface area contributed by atoms with E-state index in [1.165, 1.54) is 17.4 Å². The van der Waals surface area contributed by atoms with Crippen molar-refractivity contribution in [1.29, 1.82) is 0 Å². The van der Waals surface area contributed by atoms with Gasteiger partial charge in [0, 0.05) is 25.3 Å². The highest BCUT2D eigenvalue weighted by Gasteiger charge is 2.24. The summed E-state index contributed by atoms with van der Waals surface area (Å²) in [6, 6.07) is 6.71. The molecule has 0 spiro atoms. The van der Waals surface area contributed by atoms with Crippen molar-refractivity contribution < 1.29 is 9.18 Å². The Morgan fingerprint density at radius 2 is 2.00 bits per heavy atom. The number of para-hydroxylation sites is 1. The molecule has 1 amide bonds. The number of benzene rings is 1. The van der Waals surface area contributed by atoms with E-state index < -0.39 is 0 Å². The summed E-state index contributed by atoms with van der Waals surface area (Å²) in [4.78, 5) is 21.0. The molecule has 0 radical (unpaired) electrons. The molecule has 0 aliphatic rings. The zero-order valence-electron chi connectivity index (χ0n) is 15.7. The van der Waals surface area contributed by atoms with Crippen LogP contribution in [0.2, 0.25) is 0 Å². The van der Waals surface area contributed by atoms with Crippen molar-refractivity contribution in [2.75, 3.05) is 32.1 Å². The molecule has 0 bridgehead atoms. The third kappa shape index (κ3) is 4.63. The number of likely N-dealkylation sites (N-methyl/N-ethyl adjacent to an activating group) is 1. The Labute approximate surface area is 168 Å². The third-order valence-electron chi connectivity index (χ3n) is 3.96. The van der Waals surface area contributed by atoms with E-state index in [4.69, 9.17) is 0 Å². The fourth-order valence-electron chi connectivity index (χ4n) is 2.48. The van der Waals surface area contributed by atoms with Crippen molar-refractivity contribution in [3.8, 4) is 0 Å². The summed E-state index contributed by atoms with van der Waals surface area (Å²) in [6.45, 7) is 5.11. The molecule has 9 heteroatoms. The zero-order valence-corrected chi connectivity index (χ0v) is 17.4. The van der Waals surface area contributed by atoms with Crippen LogP contribution in [0.3, 0.4) is 0 Å². The average molecular weight is 412 g/mol. The normalized spacial score (nSPS) is 11.2. The standard InChI is InChI=1S/C18H22FN5OS.ClH/c1-12(2)24-9-8-14(21-24)17(25)23(11-10-22(3)4)18-20-16-13(19)6-5-7-15(16)26-18;/h5-9,12H,10-11H2,1-4H3;1H. The minimum Gasteiger partial charge on any atom is -0.308 e. The van der Waals surface area contributed by atoms with Gasteiger partial charge in [0.15, 0.2) is 10.8 Å². The molecule has 0 atom stereocenters. The summed E-state index contributed by atoms with van der Waals surface area (Å²) < 4.78 is 16.5. The molecule has 3 aromatic rings. The van der Waals surface area contributed by atoms with Crippen molar-refractivity contribution in [1.82, 2.24) is 19.7 Å². The number of aromatic nitrogens is 3. The van der Waals surface area contributed by atoms with Crippen LogP contribution in [0.15, 0.2) is 30.5 Å². The lowest BCUT2D eigenvalue weighted by atomic mass is 10.3. The Hall–Kier alpha value is -2.03. The number of halogens is 2. The van der Waals surface area contributed by atoms with Gasteiger partial charge in [0.2, 0.25) is 0 Å². The fraction of sp³-hybridized carbons (Fsp3) is 0.389. The van der Waals surface area contributed by atoms with Crippen molar-refractivity contribution in [3.63, 3.8) is 0 Å². The van der Waals surface area contributed by atoms with Gasteiger partial charge in [0.05, 0.1) is 4.70 Å². The summed E-state index contributed by atoms with van der Waals surface area (Å²) in [5, 5.41) is 4.85. The van der Waals surface area contributed by atoms with Crippen LogP contribution in [0.25, 0.3) is 10.2 Å². The van der Waals surface area contributed by atoms with Crippen molar-refractivity contribution >= 4 is 45.0 Å². The molecule has 0 aliphatic heterocycles. The van der Waals surface area contributed by atoms with E-state index in [9.17, 15) is 9.18 Å². The number of hydrogen-bond donors (Lipinski definition) is 0. The van der Waals surface area contributed by atoms with Crippen molar-refractivity contribution in [3.05, 3.63) is 42.0 Å². The van der Waals surface area contributed by atoms with Crippen LogP contribution in [0.5, 0.6) is 0 Å². The van der Waals surface area contributed by atoms with Crippen LogP contribution in [-0.2, 0) is 0 Å². The largest absolute Gasteiger partial charge is 0.308 e. The maximum absolute atomic E-state index is 14.0. The van der Waals surface area contributed by atoms with Crippen LogP contribution >= 0.6 is 23.7 Å². The molecular formula is C18H23ClFN5OS. The Bertz CT molecular complexity index is 924. The third-order valence-corrected chi connectivity index (χ3v) is 5.01. The first-order chi connectivity index (χ1) is 12.4. The molecule has 1 aromatic carbocycles. The van der Waals surface area contributed by atoms with Crippen LogP contribution in [0.4, 0.5) is 9.52 Å². The molecule has 0 unspecified atom stereocenters. The fourth-order valence-corrected chi connectivity index (χ4v) is 3.49. The second kappa shape index (κ2) is 8.77. The summed E-state index contributed by atoms with van der Waals surface area (Å²) in [6.07, 6.45) is 1.79. The maximum atomic E-state index is 14.0. The molecule has 0 saturated heterocycles. The zero-order chi connectivity index (χ0) is 18.8. The lowest BCUT2D eigenvalue weighted by molar-refractivity contribution is 0.0979. The van der Waals surface area contributed by atoms with Gasteiger partial charge in [0.1, 0.15) is 11.3 Å². The molecule has 146 valence electrons.